The molecule has 0 spiro atoms. The third-order valence-electron chi connectivity index (χ3n) is 0.949. The number of methoxy groups -OCH3 is 1. The van der Waals surface area contributed by atoms with Gasteiger partial charge in [-0.15, -0.1) is 0 Å². The number of thioether (sulfide) groups is 1. The summed E-state index contributed by atoms with van der Waals surface area (Å²) in [5.74, 6) is 0.993. The molecule has 0 aromatic heterocycles. The van der Waals surface area contributed by atoms with E-state index in [-0.39, 0.29) is 6.10 Å². The topological polar surface area (TPSA) is 35.2 Å². The van der Waals surface area contributed by atoms with Gasteiger partial charge in [0, 0.05) is 19.4 Å². The number of rotatable bonds is 4. The molecule has 0 heterocycles. The zero-order valence-electron chi connectivity index (χ0n) is 5.39. The second-order valence-corrected chi connectivity index (χ2v) is 2.46. The molecule has 0 aromatic carbocycles. The van der Waals surface area contributed by atoms with Crippen LogP contribution in [0.5, 0.6) is 0 Å². The minimum absolute atomic E-state index is 0.241. The minimum atomic E-state index is 0.241. The number of ether oxygens (including phenoxy) is 1. The summed E-state index contributed by atoms with van der Waals surface area (Å²) < 4.78 is 4.99. The van der Waals surface area contributed by atoms with Crippen LogP contribution in [0.1, 0.15) is 0 Å². The molecule has 0 amide bonds. The van der Waals surface area contributed by atoms with Gasteiger partial charge in [0.1, 0.15) is 0 Å². The molecule has 0 saturated heterocycles. The molecule has 1 unspecified atom stereocenters. The Morgan fingerprint density at radius 1 is 1.75 bits per heavy atom. The maximum Gasteiger partial charge on any atom is 0.0783 e. The van der Waals surface area contributed by atoms with Crippen LogP contribution in [0.25, 0.3) is 0 Å². The molecule has 0 radical (unpaired) electrons. The van der Waals surface area contributed by atoms with Crippen molar-refractivity contribution in [2.24, 2.45) is 5.73 Å². The molecule has 0 aromatic rings. The predicted octanol–water partition coefficient (Wildman–Crippen LogP) is 0.323. The molecule has 8 heavy (non-hydrogen) atoms. The first kappa shape index (κ1) is 8.27. The molecule has 3 heteroatoms. The predicted molar refractivity (Wildman–Crippen MR) is 38.2 cm³/mol. The van der Waals surface area contributed by atoms with Gasteiger partial charge < -0.3 is 10.5 Å². The molecule has 2 nitrogen and oxygen atoms in total. The van der Waals surface area contributed by atoms with Crippen LogP contribution in [0, 0.1) is 0 Å². The van der Waals surface area contributed by atoms with E-state index in [4.69, 9.17) is 10.5 Å². The summed E-state index contributed by atoms with van der Waals surface area (Å²) in [4.78, 5) is 0. The van der Waals surface area contributed by atoms with Gasteiger partial charge in [0.2, 0.25) is 0 Å². The number of hydrogen-bond donors (Lipinski definition) is 1. The van der Waals surface area contributed by atoms with Crippen molar-refractivity contribution in [1.29, 1.82) is 0 Å². The van der Waals surface area contributed by atoms with E-state index in [2.05, 4.69) is 0 Å². The summed E-state index contributed by atoms with van der Waals surface area (Å²) in [7, 11) is 1.69. The Morgan fingerprint density at radius 2 is 2.38 bits per heavy atom. The average Bonchev–Trinajstić information content (AvgIpc) is 1.83. The highest BCUT2D eigenvalue weighted by Gasteiger charge is 2.00. The lowest BCUT2D eigenvalue weighted by molar-refractivity contribution is 0.129. The van der Waals surface area contributed by atoms with Gasteiger partial charge in [-0.25, -0.2) is 0 Å². The van der Waals surface area contributed by atoms with Gasteiger partial charge in [-0.05, 0) is 6.26 Å². The van der Waals surface area contributed by atoms with Gasteiger partial charge in [-0.3, -0.25) is 0 Å². The standard InChI is InChI=1S/C5H13NOS/c1-7-5(3-6)4-8-2/h5H,3-4,6H2,1-2H3. The van der Waals surface area contributed by atoms with E-state index in [0.29, 0.717) is 6.54 Å². The Bertz CT molecular complexity index is 47.7. The molecule has 50 valence electrons. The first-order chi connectivity index (χ1) is 3.85. The molecule has 2 N–H and O–H groups in total. The molecule has 0 aliphatic carbocycles. The van der Waals surface area contributed by atoms with E-state index in [0.717, 1.165) is 5.75 Å². The summed E-state index contributed by atoms with van der Waals surface area (Å²) in [6.07, 6.45) is 2.28. The summed E-state index contributed by atoms with van der Waals surface area (Å²) >= 11 is 1.75. The normalized spacial score (nSPS) is 13.9. The van der Waals surface area contributed by atoms with E-state index >= 15 is 0 Å². The lowest BCUT2D eigenvalue weighted by Crippen LogP contribution is -2.24. The molecule has 0 rings (SSSR count). The first-order valence-electron chi connectivity index (χ1n) is 2.57. The van der Waals surface area contributed by atoms with Crippen LogP contribution in [0.15, 0.2) is 0 Å². The fourth-order valence-corrected chi connectivity index (χ4v) is 1.06. The van der Waals surface area contributed by atoms with Gasteiger partial charge in [-0.1, -0.05) is 0 Å². The average molecular weight is 135 g/mol. The molecular weight excluding hydrogens is 122 g/mol. The van der Waals surface area contributed by atoms with E-state index < -0.39 is 0 Å². The highest BCUT2D eigenvalue weighted by molar-refractivity contribution is 7.98. The van der Waals surface area contributed by atoms with Crippen molar-refractivity contribution >= 4 is 11.8 Å². The summed E-state index contributed by atoms with van der Waals surface area (Å²) in [6, 6.07) is 0. The summed E-state index contributed by atoms with van der Waals surface area (Å²) in [5, 5.41) is 0. The molecule has 0 bridgehead atoms. The Balaban J connectivity index is 3.07. The van der Waals surface area contributed by atoms with Crippen molar-refractivity contribution in [1.82, 2.24) is 0 Å². The van der Waals surface area contributed by atoms with Gasteiger partial charge >= 0.3 is 0 Å². The second kappa shape index (κ2) is 5.41. The van der Waals surface area contributed by atoms with E-state index in [1.54, 1.807) is 18.9 Å². The van der Waals surface area contributed by atoms with Crippen molar-refractivity contribution in [3.63, 3.8) is 0 Å². The smallest absolute Gasteiger partial charge is 0.0783 e. The highest BCUT2D eigenvalue weighted by Crippen LogP contribution is 1.97. The van der Waals surface area contributed by atoms with E-state index in [9.17, 15) is 0 Å². The van der Waals surface area contributed by atoms with Crippen LogP contribution in [0.3, 0.4) is 0 Å². The lowest BCUT2D eigenvalue weighted by atomic mass is 10.4. The van der Waals surface area contributed by atoms with Crippen molar-refractivity contribution in [3.8, 4) is 0 Å². The van der Waals surface area contributed by atoms with E-state index in [1.165, 1.54) is 0 Å². The Kier molecular flexibility index (Phi) is 5.59. The molecule has 0 fully saturated rings. The number of nitrogens with two attached hydrogens (primary N) is 1. The fourth-order valence-electron chi connectivity index (χ4n) is 0.418. The third-order valence-corrected chi connectivity index (χ3v) is 1.65. The van der Waals surface area contributed by atoms with Crippen molar-refractivity contribution in [2.45, 2.75) is 6.10 Å². The lowest BCUT2D eigenvalue weighted by Gasteiger charge is -2.09. The fraction of sp³-hybridized carbons (Fsp3) is 1.00. The molecule has 1 atom stereocenters. The SMILES string of the molecule is COC(CN)CSC. The van der Waals surface area contributed by atoms with Crippen LogP contribution in [-0.2, 0) is 4.74 Å². The highest BCUT2D eigenvalue weighted by atomic mass is 32.2. The quantitative estimate of drug-likeness (QED) is 0.603. The van der Waals surface area contributed by atoms with Crippen molar-refractivity contribution in [3.05, 3.63) is 0 Å². The molecule has 0 aliphatic rings. The first-order valence-corrected chi connectivity index (χ1v) is 3.96. The Morgan fingerprint density at radius 3 is 2.50 bits per heavy atom. The number of hydrogen-bond acceptors (Lipinski definition) is 3. The largest absolute Gasteiger partial charge is 0.379 e. The second-order valence-electron chi connectivity index (χ2n) is 1.55. The summed E-state index contributed by atoms with van der Waals surface area (Å²) in [6.45, 7) is 0.622. The molecule has 0 saturated carbocycles. The van der Waals surface area contributed by atoms with Gasteiger partial charge in [0.25, 0.3) is 0 Å². The van der Waals surface area contributed by atoms with Gasteiger partial charge in [-0.2, -0.15) is 11.8 Å². The molecular formula is C5H13NOS. The Hall–Kier alpha value is 0.270. The minimum Gasteiger partial charge on any atom is -0.379 e. The zero-order valence-corrected chi connectivity index (χ0v) is 6.20. The molecule has 0 aliphatic heterocycles. The van der Waals surface area contributed by atoms with Crippen LogP contribution in [-0.4, -0.2) is 31.8 Å². The maximum atomic E-state index is 5.33. The van der Waals surface area contributed by atoms with Crippen molar-refractivity contribution < 1.29 is 4.74 Å². The van der Waals surface area contributed by atoms with Crippen LogP contribution >= 0.6 is 11.8 Å². The monoisotopic (exact) mass is 135 g/mol. The zero-order chi connectivity index (χ0) is 6.41. The van der Waals surface area contributed by atoms with Crippen LogP contribution in [0.4, 0.5) is 0 Å². The van der Waals surface area contributed by atoms with Gasteiger partial charge in [0.15, 0.2) is 0 Å². The van der Waals surface area contributed by atoms with Crippen LogP contribution in [0.2, 0.25) is 0 Å². The Labute approximate surface area is 54.8 Å². The van der Waals surface area contributed by atoms with Crippen LogP contribution < -0.4 is 5.73 Å². The maximum absolute atomic E-state index is 5.33. The summed E-state index contributed by atoms with van der Waals surface area (Å²) in [5.41, 5.74) is 5.33. The third kappa shape index (κ3) is 3.29. The van der Waals surface area contributed by atoms with Gasteiger partial charge in [0.05, 0.1) is 6.10 Å². The van der Waals surface area contributed by atoms with Crippen molar-refractivity contribution in [2.75, 3.05) is 25.7 Å². The van der Waals surface area contributed by atoms with E-state index in [1.807, 2.05) is 6.26 Å².